The quantitative estimate of drug-likeness (QED) is 0.505. The lowest BCUT2D eigenvalue weighted by molar-refractivity contribution is -0.148. The van der Waals surface area contributed by atoms with Gasteiger partial charge in [0, 0.05) is 6.54 Å². The molecule has 13 heavy (non-hydrogen) atoms. The lowest BCUT2D eigenvalue weighted by Gasteiger charge is -2.12. The Balaban J connectivity index is 3.66. The Morgan fingerprint density at radius 3 is 2.46 bits per heavy atom. The zero-order chi connectivity index (χ0) is 10.1. The minimum atomic E-state index is -0.168. The van der Waals surface area contributed by atoms with Gasteiger partial charge in [0.2, 0.25) is 0 Å². The molecule has 0 aromatic rings. The molecule has 0 aromatic heterocycles. The maximum absolute atomic E-state index is 11.1. The fourth-order valence-corrected chi connectivity index (χ4v) is 0.965. The predicted molar refractivity (Wildman–Crippen MR) is 53.3 cm³/mol. The van der Waals surface area contributed by atoms with Crippen LogP contribution in [-0.2, 0) is 9.53 Å². The number of carbonyl (C=O) groups is 1. The number of ether oxygens (including phenoxy) is 1. The summed E-state index contributed by atoms with van der Waals surface area (Å²) in [6.07, 6.45) is 5.65. The van der Waals surface area contributed by atoms with Gasteiger partial charge >= 0.3 is 5.97 Å². The van der Waals surface area contributed by atoms with Crippen LogP contribution in [0.3, 0.4) is 0 Å². The third kappa shape index (κ3) is 6.34. The van der Waals surface area contributed by atoms with Crippen molar-refractivity contribution < 1.29 is 9.53 Å². The molecule has 0 heterocycles. The summed E-state index contributed by atoms with van der Waals surface area (Å²) >= 11 is 0. The maximum Gasteiger partial charge on any atom is 0.309 e. The second-order valence-corrected chi connectivity index (χ2v) is 2.84. The van der Waals surface area contributed by atoms with Gasteiger partial charge in [0.05, 0.1) is 6.42 Å². The SMILES string of the molecule is CCC(CC)OC(=O)C/C=C/CN. The summed E-state index contributed by atoms with van der Waals surface area (Å²) in [5, 5.41) is 0. The Bertz CT molecular complexity index is 162. The fourth-order valence-electron chi connectivity index (χ4n) is 0.965. The molecule has 0 fully saturated rings. The molecule has 0 radical (unpaired) electrons. The van der Waals surface area contributed by atoms with Gasteiger partial charge in [-0.3, -0.25) is 4.79 Å². The van der Waals surface area contributed by atoms with Gasteiger partial charge in [-0.1, -0.05) is 26.0 Å². The average Bonchev–Trinajstić information content (AvgIpc) is 2.14. The Kier molecular flexibility index (Phi) is 7.30. The third-order valence-electron chi connectivity index (χ3n) is 1.80. The molecule has 2 N–H and O–H groups in total. The molecule has 0 rings (SSSR count). The molecule has 0 amide bonds. The summed E-state index contributed by atoms with van der Waals surface area (Å²) in [5.41, 5.74) is 5.23. The first-order valence-corrected chi connectivity index (χ1v) is 4.79. The molecule has 76 valence electrons. The van der Waals surface area contributed by atoms with Gasteiger partial charge in [-0.25, -0.2) is 0 Å². The van der Waals surface area contributed by atoms with Crippen LogP contribution < -0.4 is 5.73 Å². The van der Waals surface area contributed by atoms with E-state index in [1.54, 1.807) is 12.2 Å². The van der Waals surface area contributed by atoms with Crippen LogP contribution in [0, 0.1) is 0 Å². The van der Waals surface area contributed by atoms with Crippen LogP contribution in [0.25, 0.3) is 0 Å². The van der Waals surface area contributed by atoms with E-state index in [0.717, 1.165) is 12.8 Å². The highest BCUT2D eigenvalue weighted by atomic mass is 16.5. The van der Waals surface area contributed by atoms with E-state index in [2.05, 4.69) is 0 Å². The highest BCUT2D eigenvalue weighted by Gasteiger charge is 2.08. The van der Waals surface area contributed by atoms with Crippen molar-refractivity contribution in [1.29, 1.82) is 0 Å². The van der Waals surface area contributed by atoms with Gasteiger partial charge in [0.25, 0.3) is 0 Å². The van der Waals surface area contributed by atoms with E-state index in [-0.39, 0.29) is 12.1 Å². The molecule has 3 nitrogen and oxygen atoms in total. The van der Waals surface area contributed by atoms with Gasteiger partial charge in [-0.15, -0.1) is 0 Å². The monoisotopic (exact) mass is 185 g/mol. The van der Waals surface area contributed by atoms with E-state index in [0.29, 0.717) is 13.0 Å². The van der Waals surface area contributed by atoms with Crippen LogP contribution in [0.4, 0.5) is 0 Å². The Morgan fingerprint density at radius 1 is 1.38 bits per heavy atom. The highest BCUT2D eigenvalue weighted by Crippen LogP contribution is 2.04. The number of hydrogen-bond donors (Lipinski definition) is 1. The molecule has 3 heteroatoms. The highest BCUT2D eigenvalue weighted by molar-refractivity contribution is 5.71. The van der Waals surface area contributed by atoms with Gasteiger partial charge in [-0.05, 0) is 12.8 Å². The number of esters is 1. The van der Waals surface area contributed by atoms with E-state index in [1.165, 1.54) is 0 Å². The van der Waals surface area contributed by atoms with Gasteiger partial charge in [0.15, 0.2) is 0 Å². The molecule has 0 saturated heterocycles. The normalized spacial score (nSPS) is 11.1. The molecule has 0 aromatic carbocycles. The van der Waals surface area contributed by atoms with E-state index >= 15 is 0 Å². The van der Waals surface area contributed by atoms with Gasteiger partial charge < -0.3 is 10.5 Å². The number of hydrogen-bond acceptors (Lipinski definition) is 3. The average molecular weight is 185 g/mol. The number of rotatable bonds is 6. The number of carbonyl (C=O) groups excluding carboxylic acids is 1. The third-order valence-corrected chi connectivity index (χ3v) is 1.80. The van der Waals surface area contributed by atoms with Crippen molar-refractivity contribution >= 4 is 5.97 Å². The first kappa shape index (κ1) is 12.2. The lowest BCUT2D eigenvalue weighted by atomic mass is 10.2. The molecule has 0 aliphatic rings. The number of nitrogens with two attached hydrogens (primary N) is 1. The van der Waals surface area contributed by atoms with Crippen molar-refractivity contribution in [2.45, 2.75) is 39.2 Å². The van der Waals surface area contributed by atoms with Crippen LogP contribution in [0.2, 0.25) is 0 Å². The smallest absolute Gasteiger partial charge is 0.309 e. The second-order valence-electron chi connectivity index (χ2n) is 2.84. The Morgan fingerprint density at radius 2 is 2.00 bits per heavy atom. The minimum absolute atomic E-state index is 0.0683. The summed E-state index contributed by atoms with van der Waals surface area (Å²) in [6, 6.07) is 0. The molecule has 0 bridgehead atoms. The maximum atomic E-state index is 11.1. The first-order valence-electron chi connectivity index (χ1n) is 4.79. The molecule has 0 unspecified atom stereocenters. The van der Waals surface area contributed by atoms with Crippen molar-refractivity contribution in [2.75, 3.05) is 6.54 Å². The van der Waals surface area contributed by atoms with Crippen LogP contribution in [0.15, 0.2) is 12.2 Å². The van der Waals surface area contributed by atoms with Gasteiger partial charge in [-0.2, -0.15) is 0 Å². The lowest BCUT2D eigenvalue weighted by Crippen LogP contribution is -2.15. The molecule has 0 saturated carbocycles. The van der Waals surface area contributed by atoms with Crippen LogP contribution in [0.5, 0.6) is 0 Å². The van der Waals surface area contributed by atoms with Gasteiger partial charge in [0.1, 0.15) is 6.10 Å². The largest absolute Gasteiger partial charge is 0.462 e. The molecule has 0 atom stereocenters. The summed E-state index contributed by atoms with van der Waals surface area (Å²) < 4.78 is 5.16. The Hall–Kier alpha value is -0.830. The summed E-state index contributed by atoms with van der Waals surface area (Å²) in [7, 11) is 0. The standard InChI is InChI=1S/C10H19NO2/c1-3-9(4-2)13-10(12)7-5-6-8-11/h5-6,9H,3-4,7-8,11H2,1-2H3/b6-5+. The van der Waals surface area contributed by atoms with E-state index in [1.807, 2.05) is 13.8 Å². The second kappa shape index (κ2) is 7.80. The zero-order valence-corrected chi connectivity index (χ0v) is 8.45. The topological polar surface area (TPSA) is 52.3 Å². The molecular weight excluding hydrogens is 166 g/mol. The van der Waals surface area contributed by atoms with Crippen LogP contribution in [0.1, 0.15) is 33.1 Å². The molecular formula is C10H19NO2. The van der Waals surface area contributed by atoms with Crippen molar-refractivity contribution in [1.82, 2.24) is 0 Å². The first-order chi connectivity index (χ1) is 6.24. The summed E-state index contributed by atoms with van der Waals surface area (Å²) in [6.45, 7) is 4.49. The van der Waals surface area contributed by atoms with E-state index in [4.69, 9.17) is 10.5 Å². The fraction of sp³-hybridized carbons (Fsp3) is 0.700. The summed E-state index contributed by atoms with van der Waals surface area (Å²) in [5.74, 6) is -0.168. The minimum Gasteiger partial charge on any atom is -0.462 e. The van der Waals surface area contributed by atoms with Crippen molar-refractivity contribution in [3.8, 4) is 0 Å². The van der Waals surface area contributed by atoms with Crippen LogP contribution in [-0.4, -0.2) is 18.6 Å². The van der Waals surface area contributed by atoms with E-state index < -0.39 is 0 Å². The summed E-state index contributed by atoms with van der Waals surface area (Å²) in [4.78, 5) is 11.1. The predicted octanol–water partition coefficient (Wildman–Crippen LogP) is 1.62. The van der Waals surface area contributed by atoms with Crippen molar-refractivity contribution in [3.63, 3.8) is 0 Å². The molecule has 0 aliphatic heterocycles. The van der Waals surface area contributed by atoms with E-state index in [9.17, 15) is 4.79 Å². The zero-order valence-electron chi connectivity index (χ0n) is 8.45. The molecule has 0 spiro atoms. The van der Waals surface area contributed by atoms with Crippen molar-refractivity contribution in [3.05, 3.63) is 12.2 Å². The molecule has 0 aliphatic carbocycles. The van der Waals surface area contributed by atoms with Crippen LogP contribution >= 0.6 is 0 Å². The Labute approximate surface area is 79.9 Å². The van der Waals surface area contributed by atoms with Crippen molar-refractivity contribution in [2.24, 2.45) is 5.73 Å².